The van der Waals surface area contributed by atoms with Crippen LogP contribution in [0.4, 0.5) is 0 Å². The summed E-state index contributed by atoms with van der Waals surface area (Å²) in [6, 6.07) is 0. The second-order valence-electron chi connectivity index (χ2n) is 4.38. The average molecular weight is 280 g/mol. The summed E-state index contributed by atoms with van der Waals surface area (Å²) in [5, 5.41) is 0. The Morgan fingerprint density at radius 2 is 2.44 bits per heavy atom. The molecule has 2 aromatic heterocycles. The average Bonchev–Trinajstić information content (AvgIpc) is 2.67. The first-order valence-corrected chi connectivity index (χ1v) is 6.61. The van der Waals surface area contributed by atoms with Crippen LogP contribution in [0.25, 0.3) is 5.78 Å². The van der Waals surface area contributed by atoms with Gasteiger partial charge in [0.2, 0.25) is 5.78 Å². The van der Waals surface area contributed by atoms with Crippen molar-refractivity contribution < 1.29 is 0 Å². The lowest BCUT2D eigenvalue weighted by Gasteiger charge is -2.19. The minimum atomic E-state index is 0.629. The molecule has 0 spiro atoms. The fraction of sp³-hybridized carbons (Fsp3) is 0.500. The lowest BCUT2D eigenvalue weighted by molar-refractivity contribution is 0.523. The van der Waals surface area contributed by atoms with Crippen molar-refractivity contribution in [1.82, 2.24) is 14.4 Å². The molecular weight excluding hydrogens is 266 g/mol. The van der Waals surface area contributed by atoms with Gasteiger partial charge in [-0.1, -0.05) is 6.92 Å². The summed E-state index contributed by atoms with van der Waals surface area (Å²) in [7, 11) is 0. The number of hydrogen-bond acceptors (Lipinski definition) is 2. The molecule has 84 valence electrons. The van der Waals surface area contributed by atoms with Crippen LogP contribution in [-0.4, -0.2) is 14.4 Å². The molecule has 0 saturated heterocycles. The highest BCUT2D eigenvalue weighted by molar-refractivity contribution is 9.10. The molecule has 0 radical (unpaired) electrons. The highest BCUT2D eigenvalue weighted by atomic mass is 79.9. The molecule has 3 nitrogen and oxygen atoms in total. The van der Waals surface area contributed by atoms with Crippen LogP contribution in [0, 0.1) is 0 Å². The molecule has 3 rings (SSSR count). The summed E-state index contributed by atoms with van der Waals surface area (Å²) in [4.78, 5) is 9.04. The van der Waals surface area contributed by atoms with E-state index in [1.807, 2.05) is 6.20 Å². The van der Waals surface area contributed by atoms with Gasteiger partial charge in [-0.25, -0.2) is 9.97 Å². The largest absolute Gasteiger partial charge is 0.287 e. The Balaban J connectivity index is 2.24. The molecular formula is C12H14BrN3. The molecule has 0 bridgehead atoms. The molecule has 2 heterocycles. The number of aromatic nitrogens is 3. The van der Waals surface area contributed by atoms with Crippen LogP contribution in [0.2, 0.25) is 0 Å². The summed E-state index contributed by atoms with van der Waals surface area (Å²) in [6.07, 6.45) is 8.74. The van der Waals surface area contributed by atoms with Crippen molar-refractivity contribution in [2.24, 2.45) is 0 Å². The van der Waals surface area contributed by atoms with Crippen molar-refractivity contribution in [2.75, 3.05) is 0 Å². The van der Waals surface area contributed by atoms with Crippen LogP contribution in [0.3, 0.4) is 0 Å². The molecule has 0 aliphatic heterocycles. The van der Waals surface area contributed by atoms with Crippen molar-refractivity contribution >= 4 is 21.7 Å². The number of rotatable bonds is 1. The maximum Gasteiger partial charge on any atom is 0.234 e. The molecule has 2 aromatic rings. The van der Waals surface area contributed by atoms with Crippen molar-refractivity contribution in [3.63, 3.8) is 0 Å². The molecule has 0 saturated carbocycles. The molecule has 4 heteroatoms. The fourth-order valence-electron chi connectivity index (χ4n) is 2.60. The van der Waals surface area contributed by atoms with E-state index in [4.69, 9.17) is 0 Å². The summed E-state index contributed by atoms with van der Waals surface area (Å²) in [6.45, 7) is 2.24. The zero-order chi connectivity index (χ0) is 11.1. The van der Waals surface area contributed by atoms with Crippen LogP contribution in [0.1, 0.15) is 43.5 Å². The Morgan fingerprint density at radius 1 is 1.56 bits per heavy atom. The van der Waals surface area contributed by atoms with Gasteiger partial charge in [-0.2, -0.15) is 0 Å². The van der Waals surface area contributed by atoms with Gasteiger partial charge >= 0.3 is 0 Å². The van der Waals surface area contributed by atoms with Gasteiger partial charge in [0.25, 0.3) is 0 Å². The molecule has 16 heavy (non-hydrogen) atoms. The molecule has 0 N–H and O–H groups in total. The normalized spacial score (nSPS) is 20.0. The molecule has 0 amide bonds. The third-order valence-corrected chi connectivity index (χ3v) is 3.83. The molecule has 0 fully saturated rings. The van der Waals surface area contributed by atoms with Gasteiger partial charge in [0.15, 0.2) is 0 Å². The van der Waals surface area contributed by atoms with Crippen molar-refractivity contribution in [3.8, 4) is 0 Å². The lowest BCUT2D eigenvalue weighted by Crippen LogP contribution is -2.09. The van der Waals surface area contributed by atoms with E-state index in [-0.39, 0.29) is 0 Å². The van der Waals surface area contributed by atoms with E-state index in [1.54, 1.807) is 0 Å². The second kappa shape index (κ2) is 3.84. The second-order valence-corrected chi connectivity index (χ2v) is 5.30. The number of hydrogen-bond donors (Lipinski definition) is 0. The minimum absolute atomic E-state index is 0.629. The Morgan fingerprint density at radius 3 is 3.25 bits per heavy atom. The maximum absolute atomic E-state index is 4.68. The van der Waals surface area contributed by atoms with E-state index in [0.29, 0.717) is 5.92 Å². The summed E-state index contributed by atoms with van der Waals surface area (Å²) >= 11 is 3.47. The molecule has 1 unspecified atom stereocenters. The highest BCUT2D eigenvalue weighted by Crippen LogP contribution is 2.33. The van der Waals surface area contributed by atoms with Gasteiger partial charge in [0.05, 0.1) is 10.2 Å². The Bertz CT molecular complexity index is 532. The maximum atomic E-state index is 4.68. The van der Waals surface area contributed by atoms with Crippen LogP contribution < -0.4 is 0 Å². The smallest absolute Gasteiger partial charge is 0.234 e. The predicted octanol–water partition coefficient (Wildman–Crippen LogP) is 3.32. The zero-order valence-electron chi connectivity index (χ0n) is 9.28. The van der Waals surface area contributed by atoms with Gasteiger partial charge in [-0.05, 0) is 41.6 Å². The Kier molecular flexibility index (Phi) is 2.46. The van der Waals surface area contributed by atoms with Crippen molar-refractivity contribution in [2.45, 2.75) is 38.5 Å². The van der Waals surface area contributed by atoms with Gasteiger partial charge in [0.1, 0.15) is 0 Å². The SMILES string of the molecule is CCC1CCCc2c1nc1ncc(Br)cn21. The van der Waals surface area contributed by atoms with E-state index in [0.717, 1.165) is 16.7 Å². The number of aryl methyl sites for hydroxylation is 1. The number of nitrogens with zero attached hydrogens (tertiary/aromatic N) is 3. The first-order valence-electron chi connectivity index (χ1n) is 5.82. The van der Waals surface area contributed by atoms with Crippen molar-refractivity contribution in [1.29, 1.82) is 0 Å². The number of halogens is 1. The van der Waals surface area contributed by atoms with Gasteiger partial charge in [0, 0.05) is 24.0 Å². The third-order valence-electron chi connectivity index (χ3n) is 3.42. The van der Waals surface area contributed by atoms with Crippen LogP contribution in [0.5, 0.6) is 0 Å². The van der Waals surface area contributed by atoms with E-state index in [2.05, 4.69) is 43.4 Å². The van der Waals surface area contributed by atoms with Gasteiger partial charge in [-0.3, -0.25) is 4.40 Å². The van der Waals surface area contributed by atoms with E-state index in [1.165, 1.54) is 30.7 Å². The quantitative estimate of drug-likeness (QED) is 0.802. The van der Waals surface area contributed by atoms with E-state index < -0.39 is 0 Å². The standard InChI is InChI=1S/C12H14BrN3/c1-2-8-4-3-5-10-11(8)15-12-14-6-9(13)7-16(10)12/h6-8H,2-5H2,1H3. The third kappa shape index (κ3) is 1.47. The summed E-state index contributed by atoms with van der Waals surface area (Å²) in [5.41, 5.74) is 2.64. The first kappa shape index (κ1) is 10.3. The Hall–Kier alpha value is -0.900. The topological polar surface area (TPSA) is 30.2 Å². The molecule has 0 aromatic carbocycles. The zero-order valence-corrected chi connectivity index (χ0v) is 10.9. The Labute approximate surface area is 103 Å². The van der Waals surface area contributed by atoms with Crippen LogP contribution >= 0.6 is 15.9 Å². The summed E-state index contributed by atoms with van der Waals surface area (Å²) < 4.78 is 3.15. The van der Waals surface area contributed by atoms with Crippen LogP contribution in [-0.2, 0) is 6.42 Å². The monoisotopic (exact) mass is 279 g/mol. The van der Waals surface area contributed by atoms with Crippen molar-refractivity contribution in [3.05, 3.63) is 28.3 Å². The molecule has 1 aliphatic rings. The fourth-order valence-corrected chi connectivity index (χ4v) is 2.91. The summed E-state index contributed by atoms with van der Waals surface area (Å²) in [5.74, 6) is 1.47. The van der Waals surface area contributed by atoms with E-state index >= 15 is 0 Å². The number of fused-ring (bicyclic) bond motifs is 3. The van der Waals surface area contributed by atoms with E-state index in [9.17, 15) is 0 Å². The highest BCUT2D eigenvalue weighted by Gasteiger charge is 2.24. The molecule has 1 atom stereocenters. The van der Waals surface area contributed by atoms with Crippen LogP contribution in [0.15, 0.2) is 16.9 Å². The number of imidazole rings is 1. The van der Waals surface area contributed by atoms with Gasteiger partial charge < -0.3 is 0 Å². The minimum Gasteiger partial charge on any atom is -0.287 e. The first-order chi connectivity index (χ1) is 7.79. The molecule has 1 aliphatic carbocycles. The van der Waals surface area contributed by atoms with Gasteiger partial charge in [-0.15, -0.1) is 0 Å². The predicted molar refractivity (Wildman–Crippen MR) is 66.7 cm³/mol. The lowest BCUT2D eigenvalue weighted by atomic mass is 9.88.